The number of carbonyl (C=O) groups is 3. The van der Waals surface area contributed by atoms with Gasteiger partial charge in [0.05, 0.1) is 0 Å². The first-order valence-electron chi connectivity index (χ1n) is 28.3. The lowest BCUT2D eigenvalue weighted by Gasteiger charge is -2.18. The summed E-state index contributed by atoms with van der Waals surface area (Å²) >= 11 is 0. The Labute approximate surface area is 409 Å². The average molecular weight is 924 g/mol. The molecule has 0 radical (unpaired) electrons. The largest absolute Gasteiger partial charge is 0.462 e. The van der Waals surface area contributed by atoms with E-state index in [-0.39, 0.29) is 37.5 Å². The van der Waals surface area contributed by atoms with Gasteiger partial charge in [0.1, 0.15) is 13.2 Å². The Balaban J connectivity index is 4.45. The molecule has 0 rings (SSSR count). The van der Waals surface area contributed by atoms with Crippen LogP contribution in [0.1, 0.15) is 284 Å². The van der Waals surface area contributed by atoms with Crippen molar-refractivity contribution in [1.29, 1.82) is 0 Å². The molecule has 66 heavy (non-hydrogen) atoms. The minimum absolute atomic E-state index is 0.0968. The van der Waals surface area contributed by atoms with Crippen LogP contribution in [-0.2, 0) is 28.6 Å². The van der Waals surface area contributed by atoms with Gasteiger partial charge in [-0.25, -0.2) is 0 Å². The Kier molecular flexibility index (Phi) is 52.3. The van der Waals surface area contributed by atoms with E-state index in [1.807, 2.05) is 0 Å². The number of unbranched alkanes of at least 4 members (excludes halogenated alkanes) is 30. The predicted octanol–water partition coefficient (Wildman–Crippen LogP) is 18.8. The lowest BCUT2D eigenvalue weighted by molar-refractivity contribution is -0.167. The van der Waals surface area contributed by atoms with E-state index in [9.17, 15) is 14.4 Å². The van der Waals surface area contributed by atoms with E-state index in [0.717, 1.165) is 77.0 Å². The van der Waals surface area contributed by atoms with E-state index >= 15 is 0 Å². The van der Waals surface area contributed by atoms with Gasteiger partial charge in [-0.3, -0.25) is 14.4 Å². The summed E-state index contributed by atoms with van der Waals surface area (Å²) in [5.41, 5.74) is 0. The Morgan fingerprint density at radius 1 is 0.303 bits per heavy atom. The molecule has 6 heteroatoms. The molecule has 0 fully saturated rings. The van der Waals surface area contributed by atoms with Crippen LogP contribution in [0.4, 0.5) is 0 Å². The highest BCUT2D eigenvalue weighted by molar-refractivity contribution is 5.71. The number of esters is 3. The molecule has 0 aromatic heterocycles. The van der Waals surface area contributed by atoms with Crippen LogP contribution in [-0.4, -0.2) is 37.2 Å². The average Bonchev–Trinajstić information content (AvgIpc) is 3.31. The van der Waals surface area contributed by atoms with E-state index in [1.165, 1.54) is 161 Å². The van der Waals surface area contributed by atoms with Crippen LogP contribution in [0.5, 0.6) is 0 Å². The Morgan fingerprint density at radius 3 is 0.970 bits per heavy atom. The van der Waals surface area contributed by atoms with Crippen LogP contribution in [0, 0.1) is 0 Å². The minimum Gasteiger partial charge on any atom is -0.462 e. The van der Waals surface area contributed by atoms with Gasteiger partial charge in [0.2, 0.25) is 0 Å². The van der Waals surface area contributed by atoms with Gasteiger partial charge in [0.15, 0.2) is 6.10 Å². The van der Waals surface area contributed by atoms with Gasteiger partial charge >= 0.3 is 17.9 Å². The first-order chi connectivity index (χ1) is 32.5. The molecule has 0 aromatic rings. The lowest BCUT2D eigenvalue weighted by atomic mass is 10.0. The number of rotatable bonds is 51. The zero-order chi connectivity index (χ0) is 47.9. The summed E-state index contributed by atoms with van der Waals surface area (Å²) in [6.07, 6.45) is 67.8. The van der Waals surface area contributed by atoms with Gasteiger partial charge in [-0.2, -0.15) is 0 Å². The third-order valence-corrected chi connectivity index (χ3v) is 12.2. The van der Waals surface area contributed by atoms with Crippen molar-refractivity contribution in [1.82, 2.24) is 0 Å². The standard InChI is InChI=1S/C60H106O6/c1-4-7-10-13-16-19-22-25-28-30-32-35-38-41-44-47-50-53-59(62)65-56-57(55-64-58(61)52-49-46-43-40-37-34-27-24-21-18-15-12-9-6-3)66-60(63)54-51-48-45-42-39-36-33-31-29-26-23-20-17-14-11-8-5-2/h16,19,25,28,32,34-35,37,41,44,57H,4-15,17-18,20-24,26-27,29-31,33,36,38-40,42-43,45-56H2,1-3H3/b19-16-,28-25-,35-32-,37-34-,44-41-. The SMILES string of the molecule is CCCCC/C=C\C/C=C\C/C=C\C/C=C\CCCC(=O)OCC(COC(=O)CCCCC/C=C\CCCCCCCCC)OC(=O)CCCCCCCCCCCCCCCCCCC. The zero-order valence-corrected chi connectivity index (χ0v) is 43.7. The summed E-state index contributed by atoms with van der Waals surface area (Å²) in [7, 11) is 0. The molecule has 382 valence electrons. The summed E-state index contributed by atoms with van der Waals surface area (Å²) < 4.78 is 16.8. The highest BCUT2D eigenvalue weighted by Crippen LogP contribution is 2.16. The summed E-state index contributed by atoms with van der Waals surface area (Å²) in [6, 6.07) is 0. The van der Waals surface area contributed by atoms with Crippen LogP contribution in [0.3, 0.4) is 0 Å². The highest BCUT2D eigenvalue weighted by atomic mass is 16.6. The van der Waals surface area contributed by atoms with Gasteiger partial charge in [-0.15, -0.1) is 0 Å². The Bertz CT molecular complexity index is 1200. The Morgan fingerprint density at radius 2 is 0.561 bits per heavy atom. The van der Waals surface area contributed by atoms with E-state index in [1.54, 1.807) is 0 Å². The van der Waals surface area contributed by atoms with Gasteiger partial charge in [-0.1, -0.05) is 242 Å². The molecular weight excluding hydrogens is 817 g/mol. The molecule has 0 spiro atoms. The third-order valence-electron chi connectivity index (χ3n) is 12.2. The summed E-state index contributed by atoms with van der Waals surface area (Å²) in [5, 5.41) is 0. The van der Waals surface area contributed by atoms with Crippen molar-refractivity contribution in [2.45, 2.75) is 290 Å². The van der Waals surface area contributed by atoms with Crippen molar-refractivity contribution in [3.63, 3.8) is 0 Å². The normalized spacial score (nSPS) is 12.5. The quantitative estimate of drug-likeness (QED) is 0.0262. The fraction of sp³-hybridized carbons (Fsp3) is 0.783. The number of carbonyl (C=O) groups excluding carboxylic acids is 3. The van der Waals surface area contributed by atoms with Crippen LogP contribution in [0.25, 0.3) is 0 Å². The summed E-state index contributed by atoms with van der Waals surface area (Å²) in [4.78, 5) is 38.1. The first kappa shape index (κ1) is 63.1. The van der Waals surface area contributed by atoms with E-state index in [0.29, 0.717) is 19.3 Å². The topological polar surface area (TPSA) is 78.9 Å². The smallest absolute Gasteiger partial charge is 0.306 e. The predicted molar refractivity (Wildman–Crippen MR) is 284 cm³/mol. The first-order valence-corrected chi connectivity index (χ1v) is 28.3. The minimum atomic E-state index is -0.800. The second kappa shape index (κ2) is 54.7. The molecule has 1 atom stereocenters. The third kappa shape index (κ3) is 52.1. The zero-order valence-electron chi connectivity index (χ0n) is 43.7. The molecule has 0 aliphatic rings. The van der Waals surface area contributed by atoms with Gasteiger partial charge in [0.25, 0.3) is 0 Å². The van der Waals surface area contributed by atoms with Crippen molar-refractivity contribution in [2.24, 2.45) is 0 Å². The molecule has 6 nitrogen and oxygen atoms in total. The lowest BCUT2D eigenvalue weighted by Crippen LogP contribution is -2.30. The van der Waals surface area contributed by atoms with E-state index < -0.39 is 6.10 Å². The van der Waals surface area contributed by atoms with Crippen molar-refractivity contribution in [3.8, 4) is 0 Å². The second-order valence-corrected chi connectivity index (χ2v) is 18.8. The van der Waals surface area contributed by atoms with Crippen molar-refractivity contribution in [3.05, 3.63) is 60.8 Å². The van der Waals surface area contributed by atoms with Gasteiger partial charge < -0.3 is 14.2 Å². The number of hydrogen-bond acceptors (Lipinski definition) is 6. The molecule has 0 aliphatic heterocycles. The highest BCUT2D eigenvalue weighted by Gasteiger charge is 2.19. The van der Waals surface area contributed by atoms with Crippen molar-refractivity contribution < 1.29 is 28.6 Å². The molecule has 1 unspecified atom stereocenters. The maximum Gasteiger partial charge on any atom is 0.306 e. The second-order valence-electron chi connectivity index (χ2n) is 18.8. The number of allylic oxidation sites excluding steroid dienone is 10. The molecule has 0 aliphatic carbocycles. The number of ether oxygens (including phenoxy) is 3. The Hall–Kier alpha value is -2.89. The monoisotopic (exact) mass is 923 g/mol. The number of hydrogen-bond donors (Lipinski definition) is 0. The molecule has 0 amide bonds. The molecular formula is C60H106O6. The summed E-state index contributed by atoms with van der Waals surface area (Å²) in [5.74, 6) is -0.958. The van der Waals surface area contributed by atoms with Crippen LogP contribution >= 0.6 is 0 Å². The molecule has 0 aromatic carbocycles. The van der Waals surface area contributed by atoms with Crippen LogP contribution < -0.4 is 0 Å². The molecule has 0 heterocycles. The van der Waals surface area contributed by atoms with E-state index in [4.69, 9.17) is 14.2 Å². The fourth-order valence-electron chi connectivity index (χ4n) is 7.96. The maximum atomic E-state index is 12.8. The molecule has 0 bridgehead atoms. The fourth-order valence-corrected chi connectivity index (χ4v) is 7.96. The summed E-state index contributed by atoms with van der Waals surface area (Å²) in [6.45, 7) is 6.57. The molecule has 0 saturated carbocycles. The van der Waals surface area contributed by atoms with Crippen molar-refractivity contribution in [2.75, 3.05) is 13.2 Å². The molecule has 0 saturated heterocycles. The molecule has 0 N–H and O–H groups in total. The van der Waals surface area contributed by atoms with Gasteiger partial charge in [0, 0.05) is 19.3 Å². The maximum absolute atomic E-state index is 12.8. The van der Waals surface area contributed by atoms with Crippen molar-refractivity contribution >= 4 is 17.9 Å². The van der Waals surface area contributed by atoms with Crippen LogP contribution in [0.2, 0.25) is 0 Å². The van der Waals surface area contributed by atoms with Gasteiger partial charge in [-0.05, 0) is 83.5 Å². The van der Waals surface area contributed by atoms with E-state index in [2.05, 4.69) is 81.5 Å². The van der Waals surface area contributed by atoms with Crippen LogP contribution in [0.15, 0.2) is 60.8 Å².